The van der Waals surface area contributed by atoms with Crippen molar-refractivity contribution in [2.75, 3.05) is 6.54 Å². The molecule has 7 nitrogen and oxygen atoms in total. The number of carbonyl (C=O) groups excluding carboxylic acids is 1. The molecule has 7 heteroatoms. The molecular weight excluding hydrogens is 216 g/mol. The third-order valence-electron chi connectivity index (χ3n) is 1.71. The molecule has 0 saturated heterocycles. The Hall–Kier alpha value is -1.79. The van der Waals surface area contributed by atoms with Crippen LogP contribution in [0.2, 0.25) is 0 Å². The monoisotopic (exact) mass is 232 g/mol. The van der Waals surface area contributed by atoms with Gasteiger partial charge in [-0.2, -0.15) is 0 Å². The number of aliphatic carboxylic acids is 2. The average molecular weight is 232 g/mol. The largest absolute Gasteiger partial charge is 0.480 e. The standard InChI is InChI=1S/C9H16N2O5/c1-5(2)3-6(8(14)15)11-9(16)10-4-7(12)13/h5-6H,3-4H2,1-2H3,(H,12,13)(H,14,15)(H2,10,11,16). The van der Waals surface area contributed by atoms with Gasteiger partial charge in [-0.15, -0.1) is 0 Å². The highest BCUT2D eigenvalue weighted by molar-refractivity contribution is 5.84. The highest BCUT2D eigenvalue weighted by Crippen LogP contribution is 2.04. The van der Waals surface area contributed by atoms with Gasteiger partial charge in [0.15, 0.2) is 0 Å². The molecule has 1 unspecified atom stereocenters. The fraction of sp³-hybridized carbons (Fsp3) is 0.667. The molecule has 0 aromatic carbocycles. The summed E-state index contributed by atoms with van der Waals surface area (Å²) in [6, 6.07) is -1.80. The van der Waals surface area contributed by atoms with Crippen LogP contribution in [0.25, 0.3) is 0 Å². The van der Waals surface area contributed by atoms with Crippen molar-refractivity contribution in [3.05, 3.63) is 0 Å². The van der Waals surface area contributed by atoms with Crippen LogP contribution in [-0.4, -0.2) is 40.8 Å². The van der Waals surface area contributed by atoms with Gasteiger partial charge in [-0.05, 0) is 12.3 Å². The third-order valence-corrected chi connectivity index (χ3v) is 1.71. The Kier molecular flexibility index (Phi) is 5.91. The number of rotatable bonds is 6. The van der Waals surface area contributed by atoms with Crippen LogP contribution in [0.5, 0.6) is 0 Å². The van der Waals surface area contributed by atoms with Crippen molar-refractivity contribution in [3.63, 3.8) is 0 Å². The SMILES string of the molecule is CC(C)CC(NC(=O)NCC(=O)O)C(=O)O. The second-order valence-corrected chi connectivity index (χ2v) is 3.74. The van der Waals surface area contributed by atoms with Gasteiger partial charge in [0.05, 0.1) is 0 Å². The summed E-state index contributed by atoms with van der Waals surface area (Å²) in [5, 5.41) is 21.3. The highest BCUT2D eigenvalue weighted by Gasteiger charge is 2.20. The van der Waals surface area contributed by atoms with Crippen LogP contribution in [0.4, 0.5) is 4.79 Å². The molecule has 0 aromatic rings. The van der Waals surface area contributed by atoms with E-state index in [-0.39, 0.29) is 12.3 Å². The van der Waals surface area contributed by atoms with Gasteiger partial charge in [0.1, 0.15) is 12.6 Å². The molecular formula is C9H16N2O5. The predicted octanol–water partition coefficient (Wildman–Crippen LogP) is -0.130. The Bertz CT molecular complexity index is 277. The van der Waals surface area contributed by atoms with Gasteiger partial charge in [0.2, 0.25) is 0 Å². The summed E-state index contributed by atoms with van der Waals surface area (Å²) in [7, 11) is 0. The summed E-state index contributed by atoms with van der Waals surface area (Å²) in [6.45, 7) is 3.11. The number of carboxylic acids is 2. The molecule has 0 aliphatic heterocycles. The summed E-state index contributed by atoms with van der Waals surface area (Å²) >= 11 is 0. The van der Waals surface area contributed by atoms with E-state index in [4.69, 9.17) is 10.2 Å². The lowest BCUT2D eigenvalue weighted by atomic mass is 10.0. The molecule has 0 aromatic heterocycles. The van der Waals surface area contributed by atoms with E-state index in [1.807, 2.05) is 19.2 Å². The summed E-state index contributed by atoms with van der Waals surface area (Å²) < 4.78 is 0. The maximum absolute atomic E-state index is 11.1. The van der Waals surface area contributed by atoms with Crippen LogP contribution in [-0.2, 0) is 9.59 Å². The van der Waals surface area contributed by atoms with Crippen molar-refractivity contribution in [3.8, 4) is 0 Å². The number of nitrogens with one attached hydrogen (secondary N) is 2. The lowest BCUT2D eigenvalue weighted by Crippen LogP contribution is -2.47. The third kappa shape index (κ3) is 6.63. The molecule has 92 valence electrons. The van der Waals surface area contributed by atoms with E-state index >= 15 is 0 Å². The van der Waals surface area contributed by atoms with Crippen molar-refractivity contribution in [1.29, 1.82) is 0 Å². The second kappa shape index (κ2) is 6.65. The number of hydrogen-bond donors (Lipinski definition) is 4. The smallest absolute Gasteiger partial charge is 0.326 e. The van der Waals surface area contributed by atoms with E-state index in [2.05, 4.69) is 5.32 Å². The fourth-order valence-electron chi connectivity index (χ4n) is 1.06. The van der Waals surface area contributed by atoms with Gasteiger partial charge >= 0.3 is 18.0 Å². The summed E-state index contributed by atoms with van der Waals surface area (Å²) in [6.07, 6.45) is 0.288. The summed E-state index contributed by atoms with van der Waals surface area (Å²) in [5.41, 5.74) is 0. The minimum Gasteiger partial charge on any atom is -0.480 e. The zero-order valence-electron chi connectivity index (χ0n) is 9.19. The van der Waals surface area contributed by atoms with Crippen LogP contribution < -0.4 is 10.6 Å². The molecule has 0 saturated carbocycles. The molecule has 0 aliphatic rings. The lowest BCUT2D eigenvalue weighted by Gasteiger charge is -2.16. The number of carbonyl (C=O) groups is 3. The quantitative estimate of drug-likeness (QED) is 0.509. The minimum atomic E-state index is -1.19. The van der Waals surface area contributed by atoms with Gasteiger partial charge in [-0.3, -0.25) is 4.79 Å². The summed E-state index contributed by atoms with van der Waals surface area (Å²) in [4.78, 5) is 32.0. The van der Waals surface area contributed by atoms with Crippen LogP contribution in [0.3, 0.4) is 0 Å². The number of hydrogen-bond acceptors (Lipinski definition) is 3. The van der Waals surface area contributed by atoms with Crippen LogP contribution in [0.15, 0.2) is 0 Å². The second-order valence-electron chi connectivity index (χ2n) is 3.74. The molecule has 0 fully saturated rings. The minimum absolute atomic E-state index is 0.112. The van der Waals surface area contributed by atoms with Crippen molar-refractivity contribution in [1.82, 2.24) is 10.6 Å². The zero-order valence-corrected chi connectivity index (χ0v) is 9.19. The van der Waals surface area contributed by atoms with E-state index in [0.29, 0.717) is 0 Å². The fourth-order valence-corrected chi connectivity index (χ4v) is 1.06. The van der Waals surface area contributed by atoms with E-state index in [1.165, 1.54) is 0 Å². The van der Waals surface area contributed by atoms with Crippen LogP contribution in [0.1, 0.15) is 20.3 Å². The molecule has 2 amide bonds. The van der Waals surface area contributed by atoms with Crippen molar-refractivity contribution < 1.29 is 24.6 Å². The average Bonchev–Trinajstić information content (AvgIpc) is 2.12. The van der Waals surface area contributed by atoms with Crippen LogP contribution >= 0.6 is 0 Å². The molecule has 1 atom stereocenters. The normalized spacial score (nSPS) is 11.9. The van der Waals surface area contributed by atoms with E-state index in [0.717, 1.165) is 0 Å². The Morgan fingerprint density at radius 3 is 2.12 bits per heavy atom. The number of urea groups is 1. The molecule has 16 heavy (non-hydrogen) atoms. The lowest BCUT2D eigenvalue weighted by molar-refractivity contribution is -0.139. The Balaban J connectivity index is 4.13. The van der Waals surface area contributed by atoms with E-state index in [1.54, 1.807) is 0 Å². The Labute approximate surface area is 92.8 Å². The van der Waals surface area contributed by atoms with Gasteiger partial charge in [0.25, 0.3) is 0 Å². The van der Waals surface area contributed by atoms with Gasteiger partial charge in [0, 0.05) is 0 Å². The maximum Gasteiger partial charge on any atom is 0.326 e. The highest BCUT2D eigenvalue weighted by atomic mass is 16.4. The van der Waals surface area contributed by atoms with Crippen LogP contribution in [0, 0.1) is 5.92 Å². The topological polar surface area (TPSA) is 116 Å². The first-order chi connectivity index (χ1) is 7.32. The molecule has 0 bridgehead atoms. The molecule has 0 heterocycles. The first kappa shape index (κ1) is 14.2. The molecule has 0 spiro atoms. The first-order valence-corrected chi connectivity index (χ1v) is 4.82. The van der Waals surface area contributed by atoms with Crippen molar-refractivity contribution >= 4 is 18.0 Å². The van der Waals surface area contributed by atoms with Crippen molar-refractivity contribution in [2.45, 2.75) is 26.3 Å². The van der Waals surface area contributed by atoms with Gasteiger partial charge in [-0.25, -0.2) is 9.59 Å². The van der Waals surface area contributed by atoms with Gasteiger partial charge in [-0.1, -0.05) is 13.8 Å². The zero-order chi connectivity index (χ0) is 12.7. The maximum atomic E-state index is 11.1. The number of amides is 2. The molecule has 0 rings (SSSR count). The molecule has 0 radical (unpaired) electrons. The molecule has 0 aliphatic carbocycles. The first-order valence-electron chi connectivity index (χ1n) is 4.82. The van der Waals surface area contributed by atoms with Gasteiger partial charge < -0.3 is 20.8 Å². The summed E-state index contributed by atoms with van der Waals surface area (Å²) in [5.74, 6) is -2.22. The Morgan fingerprint density at radius 2 is 1.75 bits per heavy atom. The predicted molar refractivity (Wildman–Crippen MR) is 55.0 cm³/mol. The Morgan fingerprint density at radius 1 is 1.19 bits per heavy atom. The molecule has 4 N–H and O–H groups in total. The van der Waals surface area contributed by atoms with E-state index < -0.39 is 30.6 Å². The number of carboxylic acid groups (broad SMARTS) is 2. The van der Waals surface area contributed by atoms with E-state index in [9.17, 15) is 14.4 Å². The van der Waals surface area contributed by atoms with Crippen molar-refractivity contribution in [2.24, 2.45) is 5.92 Å².